The van der Waals surface area contributed by atoms with Crippen LogP contribution < -0.4 is 9.47 Å². The first-order valence-corrected chi connectivity index (χ1v) is 15.0. The van der Waals surface area contributed by atoms with E-state index in [1.54, 1.807) is 35.9 Å². The minimum atomic E-state index is -4.40. The fraction of sp³-hybridized carbons (Fsp3) is 0.250. The van der Waals surface area contributed by atoms with Gasteiger partial charge in [0, 0.05) is 41.2 Å². The van der Waals surface area contributed by atoms with E-state index in [4.69, 9.17) is 21.1 Å². The zero-order valence-corrected chi connectivity index (χ0v) is 26.0. The van der Waals surface area contributed by atoms with Gasteiger partial charge in [0.2, 0.25) is 0 Å². The van der Waals surface area contributed by atoms with Gasteiger partial charge in [-0.05, 0) is 98.2 Å². The van der Waals surface area contributed by atoms with Crippen LogP contribution in [0.5, 0.6) is 11.5 Å². The van der Waals surface area contributed by atoms with Crippen LogP contribution in [0.4, 0.5) is 13.2 Å². The highest BCUT2D eigenvalue weighted by Gasteiger charge is 2.30. The normalized spacial score (nSPS) is 12.4. The first kappa shape index (κ1) is 32.1. The van der Waals surface area contributed by atoms with E-state index in [9.17, 15) is 18.0 Å². The van der Waals surface area contributed by atoms with Crippen LogP contribution in [0.3, 0.4) is 0 Å². The second kappa shape index (κ2) is 13.8. The monoisotopic (exact) mass is 634 g/mol. The summed E-state index contributed by atoms with van der Waals surface area (Å²) in [5.41, 5.74) is 3.49. The summed E-state index contributed by atoms with van der Waals surface area (Å²) in [5, 5.41) is 1.52. The number of alkyl halides is 3. The van der Waals surface area contributed by atoms with Gasteiger partial charge in [-0.25, -0.2) is 0 Å². The Morgan fingerprint density at radius 2 is 1.58 bits per heavy atom. The lowest BCUT2D eigenvalue weighted by Crippen LogP contribution is -2.25. The molecule has 1 unspecified atom stereocenters. The molecule has 234 valence electrons. The summed E-state index contributed by atoms with van der Waals surface area (Å²) in [6, 6.07) is 27.0. The van der Waals surface area contributed by atoms with Crippen LogP contribution in [0.1, 0.15) is 45.3 Å². The smallest absolute Gasteiger partial charge is 0.416 e. The van der Waals surface area contributed by atoms with Gasteiger partial charge in [-0.2, -0.15) is 13.2 Å². The molecule has 0 N–H and O–H groups in total. The summed E-state index contributed by atoms with van der Waals surface area (Å²) in [6.07, 6.45) is -3.46. The number of halogens is 4. The first-order chi connectivity index (χ1) is 21.5. The molecule has 0 aliphatic carbocycles. The maximum atomic E-state index is 13.6. The third-order valence-corrected chi connectivity index (χ3v) is 8.24. The molecule has 0 saturated heterocycles. The number of carbonyl (C=O) groups excluding carboxylic acids is 1. The highest BCUT2D eigenvalue weighted by Crippen LogP contribution is 2.33. The highest BCUT2D eigenvalue weighted by atomic mass is 35.5. The van der Waals surface area contributed by atoms with E-state index in [-0.39, 0.29) is 12.0 Å². The first-order valence-electron chi connectivity index (χ1n) is 14.6. The Labute approximate surface area is 265 Å². The quantitative estimate of drug-likeness (QED) is 0.145. The Kier molecular flexibility index (Phi) is 9.85. The lowest BCUT2D eigenvalue weighted by Gasteiger charge is -2.23. The molecule has 5 aromatic rings. The number of hydrogen-bond donors (Lipinski definition) is 0. The molecule has 1 heterocycles. The average Bonchev–Trinajstić information content (AvgIpc) is 3.32. The number of carbonyl (C=O) groups is 1. The molecule has 0 saturated carbocycles. The van der Waals surface area contributed by atoms with Crippen LogP contribution in [-0.2, 0) is 12.6 Å². The third-order valence-electron chi connectivity index (χ3n) is 7.98. The third kappa shape index (κ3) is 7.52. The summed E-state index contributed by atoms with van der Waals surface area (Å²) in [7, 11) is 3.64. The van der Waals surface area contributed by atoms with E-state index in [0.717, 1.165) is 39.9 Å². The van der Waals surface area contributed by atoms with Gasteiger partial charge >= 0.3 is 6.18 Å². The molecule has 9 heteroatoms. The van der Waals surface area contributed by atoms with E-state index in [1.165, 1.54) is 12.1 Å². The van der Waals surface area contributed by atoms with Gasteiger partial charge in [0.15, 0.2) is 0 Å². The Morgan fingerprint density at radius 1 is 0.911 bits per heavy atom. The minimum absolute atomic E-state index is 0.134. The van der Waals surface area contributed by atoms with Gasteiger partial charge in [0.1, 0.15) is 17.6 Å². The fourth-order valence-corrected chi connectivity index (χ4v) is 5.61. The van der Waals surface area contributed by atoms with Crippen LogP contribution in [0.2, 0.25) is 5.02 Å². The van der Waals surface area contributed by atoms with Crippen molar-refractivity contribution in [3.8, 4) is 11.5 Å². The molecule has 0 bridgehead atoms. The summed E-state index contributed by atoms with van der Waals surface area (Å²) in [4.78, 5) is 15.8. The number of rotatable bonds is 11. The number of nitrogens with zero attached hydrogens (tertiary/aromatic N) is 2. The number of hydrogen-bond acceptors (Lipinski definition) is 4. The molecule has 1 atom stereocenters. The van der Waals surface area contributed by atoms with E-state index >= 15 is 0 Å². The minimum Gasteiger partial charge on any atom is -0.497 e. The van der Waals surface area contributed by atoms with Gasteiger partial charge in [-0.1, -0.05) is 41.9 Å². The summed E-state index contributed by atoms with van der Waals surface area (Å²) in [5.74, 6) is 0.951. The van der Waals surface area contributed by atoms with Gasteiger partial charge < -0.3 is 14.4 Å². The Balaban J connectivity index is 1.32. The van der Waals surface area contributed by atoms with Crippen molar-refractivity contribution in [2.45, 2.75) is 32.0 Å². The molecule has 1 aromatic heterocycles. The van der Waals surface area contributed by atoms with Crippen molar-refractivity contribution in [1.82, 2.24) is 9.47 Å². The Bertz CT molecular complexity index is 1750. The lowest BCUT2D eigenvalue weighted by atomic mass is 10.1. The number of aromatic nitrogens is 1. The molecule has 0 amide bonds. The molecular formula is C36H34ClF3N2O3. The van der Waals surface area contributed by atoms with E-state index in [1.807, 2.05) is 62.5 Å². The van der Waals surface area contributed by atoms with Crippen molar-refractivity contribution in [1.29, 1.82) is 0 Å². The Morgan fingerprint density at radius 3 is 2.22 bits per heavy atom. The largest absolute Gasteiger partial charge is 0.497 e. The number of benzene rings is 4. The van der Waals surface area contributed by atoms with Gasteiger partial charge in [0.05, 0.1) is 18.2 Å². The lowest BCUT2D eigenvalue weighted by molar-refractivity contribution is -0.137. The van der Waals surface area contributed by atoms with Gasteiger partial charge in [0.25, 0.3) is 5.91 Å². The zero-order valence-electron chi connectivity index (χ0n) is 25.3. The number of methoxy groups -OCH3 is 1. The second-order valence-electron chi connectivity index (χ2n) is 11.0. The van der Waals surface area contributed by atoms with Crippen molar-refractivity contribution in [2.24, 2.45) is 0 Å². The number of ether oxygens (including phenoxy) is 2. The summed E-state index contributed by atoms with van der Waals surface area (Å²) in [6.45, 7) is 3.33. The second-order valence-corrected chi connectivity index (χ2v) is 11.4. The van der Waals surface area contributed by atoms with Gasteiger partial charge in [-0.15, -0.1) is 0 Å². The van der Waals surface area contributed by atoms with Gasteiger partial charge in [-0.3, -0.25) is 9.36 Å². The highest BCUT2D eigenvalue weighted by molar-refractivity contribution is 6.30. The average molecular weight is 635 g/mol. The maximum absolute atomic E-state index is 13.6. The van der Waals surface area contributed by atoms with E-state index in [2.05, 4.69) is 4.90 Å². The summed E-state index contributed by atoms with van der Waals surface area (Å²) >= 11 is 6.06. The molecule has 5 nitrogen and oxygen atoms in total. The van der Waals surface area contributed by atoms with Crippen LogP contribution in [0.15, 0.2) is 97.1 Å². The number of fused-ring (bicyclic) bond motifs is 1. The standard InChI is InChI=1S/C36H34ClF3N2O3/c1-24-31(32-23-30(44-3)17-18-33(32)42(24)35(43)26-9-13-28(37)14-10-26)19-21-41(2)22-20-34(25-7-5-4-6-8-25)45-29-15-11-27(12-16-29)36(38,39)40/h4-18,23,34H,19-22H2,1-3H3. The van der Waals surface area contributed by atoms with Crippen molar-refractivity contribution in [2.75, 3.05) is 27.2 Å². The molecule has 0 aliphatic heterocycles. The molecule has 0 aliphatic rings. The predicted molar refractivity (Wildman–Crippen MR) is 171 cm³/mol. The number of likely N-dealkylation sites (N-methyl/N-ethyl adjacent to an activating group) is 1. The Hall–Kier alpha value is -4.27. The topological polar surface area (TPSA) is 43.7 Å². The SMILES string of the molecule is COc1ccc2c(c1)c(CCN(C)CCC(Oc1ccc(C(F)(F)F)cc1)c1ccccc1)c(C)n2C(=O)c1ccc(Cl)cc1. The fourth-order valence-electron chi connectivity index (χ4n) is 5.49. The van der Waals surface area contributed by atoms with Crippen molar-refractivity contribution < 1.29 is 27.4 Å². The van der Waals surface area contributed by atoms with Crippen molar-refractivity contribution >= 4 is 28.4 Å². The van der Waals surface area contributed by atoms with Crippen LogP contribution in [0, 0.1) is 6.92 Å². The molecule has 4 aromatic carbocycles. The van der Waals surface area contributed by atoms with Crippen LogP contribution in [0.25, 0.3) is 10.9 Å². The van der Waals surface area contributed by atoms with Crippen molar-refractivity contribution in [3.63, 3.8) is 0 Å². The molecule has 45 heavy (non-hydrogen) atoms. The summed E-state index contributed by atoms with van der Waals surface area (Å²) < 4.78 is 52.6. The van der Waals surface area contributed by atoms with Crippen LogP contribution >= 0.6 is 11.6 Å². The zero-order chi connectivity index (χ0) is 32.1. The van der Waals surface area contributed by atoms with Crippen molar-refractivity contribution in [3.05, 3.63) is 130 Å². The molecule has 0 fully saturated rings. The maximum Gasteiger partial charge on any atom is 0.416 e. The van der Waals surface area contributed by atoms with E-state index in [0.29, 0.717) is 48.0 Å². The molecular weight excluding hydrogens is 601 g/mol. The van der Waals surface area contributed by atoms with Crippen LogP contribution in [-0.4, -0.2) is 42.6 Å². The predicted octanol–water partition coefficient (Wildman–Crippen LogP) is 9.00. The molecule has 5 rings (SSSR count). The van der Waals surface area contributed by atoms with E-state index < -0.39 is 11.7 Å². The molecule has 0 spiro atoms. The molecule has 0 radical (unpaired) electrons.